The lowest BCUT2D eigenvalue weighted by atomic mass is 10.0. The number of carbonyl (C=O) groups excluding carboxylic acids is 1. The highest BCUT2D eigenvalue weighted by atomic mass is 16.1. The summed E-state index contributed by atoms with van der Waals surface area (Å²) < 4.78 is 0. The van der Waals surface area contributed by atoms with Crippen LogP contribution in [0, 0.1) is 20.8 Å². The number of aryl methyl sites for hydroxylation is 3. The summed E-state index contributed by atoms with van der Waals surface area (Å²) in [6.07, 6.45) is 2.98. The van der Waals surface area contributed by atoms with Crippen LogP contribution in [0.25, 0.3) is 22.2 Å². The second-order valence-electron chi connectivity index (χ2n) is 6.87. The van der Waals surface area contributed by atoms with E-state index in [2.05, 4.69) is 38.2 Å². The van der Waals surface area contributed by atoms with E-state index in [0.29, 0.717) is 17.8 Å². The number of fused-ring (bicyclic) bond motifs is 1. The van der Waals surface area contributed by atoms with Crippen molar-refractivity contribution in [3.8, 4) is 11.3 Å². The number of H-pyrrole nitrogens is 1. The highest BCUT2D eigenvalue weighted by molar-refractivity contribution is 5.97. The van der Waals surface area contributed by atoms with E-state index in [1.165, 1.54) is 12.5 Å². The van der Waals surface area contributed by atoms with Crippen molar-refractivity contribution in [1.29, 1.82) is 0 Å². The van der Waals surface area contributed by atoms with Crippen LogP contribution in [0.2, 0.25) is 0 Å². The minimum absolute atomic E-state index is 0.177. The maximum Gasteiger partial charge on any atom is 0.254 e. The summed E-state index contributed by atoms with van der Waals surface area (Å²) in [6, 6.07) is 12.2. The Labute approximate surface area is 163 Å². The van der Waals surface area contributed by atoms with Crippen molar-refractivity contribution in [3.05, 3.63) is 77.1 Å². The van der Waals surface area contributed by atoms with Crippen LogP contribution >= 0.6 is 0 Å². The fourth-order valence-corrected chi connectivity index (χ4v) is 3.39. The zero-order chi connectivity index (χ0) is 19.7. The number of nitrogens with one attached hydrogen (secondary N) is 2. The molecule has 4 rings (SSSR count). The lowest BCUT2D eigenvalue weighted by molar-refractivity contribution is 0.0949. The van der Waals surface area contributed by atoms with Gasteiger partial charge in [-0.2, -0.15) is 0 Å². The fraction of sp³-hybridized carbons (Fsp3) is 0.182. The Balaban J connectivity index is 1.64. The molecule has 0 aliphatic carbocycles. The number of rotatable bonds is 4. The third kappa shape index (κ3) is 3.36. The predicted molar refractivity (Wildman–Crippen MR) is 109 cm³/mol. The normalized spacial score (nSPS) is 11.0. The zero-order valence-corrected chi connectivity index (χ0v) is 16.1. The number of amides is 1. The lowest BCUT2D eigenvalue weighted by Crippen LogP contribution is -2.24. The molecule has 1 amide bonds. The minimum atomic E-state index is -0.177. The Kier molecular flexibility index (Phi) is 4.61. The molecule has 3 aromatic heterocycles. The first-order chi connectivity index (χ1) is 13.5. The third-order valence-electron chi connectivity index (χ3n) is 4.80. The molecule has 6 nitrogen and oxygen atoms in total. The quantitative estimate of drug-likeness (QED) is 0.570. The van der Waals surface area contributed by atoms with Crippen LogP contribution in [-0.4, -0.2) is 25.8 Å². The highest BCUT2D eigenvalue weighted by Gasteiger charge is 2.14. The van der Waals surface area contributed by atoms with Gasteiger partial charge in [-0.05, 0) is 50.6 Å². The van der Waals surface area contributed by atoms with E-state index < -0.39 is 0 Å². The molecule has 28 heavy (non-hydrogen) atoms. The van der Waals surface area contributed by atoms with Gasteiger partial charge in [0.25, 0.3) is 5.91 Å². The van der Waals surface area contributed by atoms with Crippen molar-refractivity contribution < 1.29 is 4.79 Å². The van der Waals surface area contributed by atoms with E-state index in [1.54, 1.807) is 6.92 Å². The number of aromatic amines is 1. The van der Waals surface area contributed by atoms with E-state index in [0.717, 1.165) is 39.1 Å². The average Bonchev–Trinajstić information content (AvgIpc) is 3.01. The second kappa shape index (κ2) is 7.23. The Morgan fingerprint density at radius 1 is 1.14 bits per heavy atom. The summed E-state index contributed by atoms with van der Waals surface area (Å²) in [5, 5.41) is 4.05. The van der Waals surface area contributed by atoms with Crippen LogP contribution in [0.1, 0.15) is 33.0 Å². The molecule has 2 N–H and O–H groups in total. The van der Waals surface area contributed by atoms with Gasteiger partial charge in [-0.25, -0.2) is 9.97 Å². The maximum absolute atomic E-state index is 12.4. The average molecular weight is 371 g/mol. The largest absolute Gasteiger partial charge is 0.358 e. The molecule has 0 fully saturated rings. The number of nitrogens with zero attached hydrogens (tertiary/aromatic N) is 3. The number of carbonyl (C=O) groups is 1. The van der Waals surface area contributed by atoms with E-state index in [9.17, 15) is 4.79 Å². The van der Waals surface area contributed by atoms with Crippen LogP contribution in [0.4, 0.5) is 0 Å². The monoisotopic (exact) mass is 371 g/mol. The Bertz CT molecular complexity index is 1180. The van der Waals surface area contributed by atoms with Gasteiger partial charge < -0.3 is 10.3 Å². The van der Waals surface area contributed by atoms with Gasteiger partial charge in [-0.3, -0.25) is 9.78 Å². The van der Waals surface area contributed by atoms with Crippen molar-refractivity contribution in [2.24, 2.45) is 0 Å². The summed E-state index contributed by atoms with van der Waals surface area (Å²) in [5.74, 6) is -0.177. The number of pyridine rings is 1. The summed E-state index contributed by atoms with van der Waals surface area (Å²) in [4.78, 5) is 28.5. The Hall–Kier alpha value is -3.54. The molecule has 6 heteroatoms. The zero-order valence-electron chi connectivity index (χ0n) is 16.1. The summed E-state index contributed by atoms with van der Waals surface area (Å²) in [7, 11) is 0. The molecule has 0 unspecified atom stereocenters. The number of benzene rings is 1. The fourth-order valence-electron chi connectivity index (χ4n) is 3.39. The molecule has 0 aliphatic heterocycles. The first kappa shape index (κ1) is 17.9. The van der Waals surface area contributed by atoms with Gasteiger partial charge >= 0.3 is 0 Å². The molecule has 0 atom stereocenters. The van der Waals surface area contributed by atoms with Crippen molar-refractivity contribution in [2.75, 3.05) is 0 Å². The van der Waals surface area contributed by atoms with Crippen LogP contribution < -0.4 is 5.32 Å². The van der Waals surface area contributed by atoms with Gasteiger partial charge in [0.1, 0.15) is 6.33 Å². The third-order valence-corrected chi connectivity index (χ3v) is 4.80. The highest BCUT2D eigenvalue weighted by Crippen LogP contribution is 2.31. The van der Waals surface area contributed by atoms with Crippen molar-refractivity contribution >= 4 is 16.8 Å². The molecule has 0 radical (unpaired) electrons. The van der Waals surface area contributed by atoms with Crippen LogP contribution in [0.3, 0.4) is 0 Å². The first-order valence-electron chi connectivity index (χ1n) is 9.13. The molecular weight excluding hydrogens is 350 g/mol. The van der Waals surface area contributed by atoms with Gasteiger partial charge in [-0.15, -0.1) is 0 Å². The summed E-state index contributed by atoms with van der Waals surface area (Å²) >= 11 is 0. The second-order valence-corrected chi connectivity index (χ2v) is 6.87. The van der Waals surface area contributed by atoms with Gasteiger partial charge in [0.05, 0.1) is 17.0 Å². The standard InChI is InChI=1S/C22H21N5O/c1-13-5-4-6-20(26-13)21-15(3)27-19-8-7-16(9-17(19)21)10-24-22(28)18-11-23-12-25-14(18)2/h4-9,11-12,27H,10H2,1-3H3,(H,24,28). The molecule has 0 saturated carbocycles. The molecule has 3 heterocycles. The molecule has 140 valence electrons. The molecule has 0 spiro atoms. The van der Waals surface area contributed by atoms with Crippen LogP contribution in [0.15, 0.2) is 48.9 Å². The van der Waals surface area contributed by atoms with E-state index in [1.807, 2.05) is 37.3 Å². The molecule has 0 bridgehead atoms. The van der Waals surface area contributed by atoms with Gasteiger partial charge in [0, 0.05) is 40.6 Å². The van der Waals surface area contributed by atoms with E-state index >= 15 is 0 Å². The van der Waals surface area contributed by atoms with Gasteiger partial charge in [0.2, 0.25) is 0 Å². The van der Waals surface area contributed by atoms with Crippen molar-refractivity contribution in [3.63, 3.8) is 0 Å². The predicted octanol–water partition coefficient (Wildman–Crippen LogP) is 3.88. The Morgan fingerprint density at radius 3 is 2.79 bits per heavy atom. The molecule has 0 saturated heterocycles. The summed E-state index contributed by atoms with van der Waals surface area (Å²) in [5.41, 5.74) is 7.33. The number of aromatic nitrogens is 4. The minimum Gasteiger partial charge on any atom is -0.358 e. The molecular formula is C22H21N5O. The van der Waals surface area contributed by atoms with E-state index in [-0.39, 0.29) is 5.91 Å². The maximum atomic E-state index is 12.4. The van der Waals surface area contributed by atoms with Crippen molar-refractivity contribution in [1.82, 2.24) is 25.3 Å². The van der Waals surface area contributed by atoms with Crippen molar-refractivity contribution in [2.45, 2.75) is 27.3 Å². The topological polar surface area (TPSA) is 83.6 Å². The van der Waals surface area contributed by atoms with Gasteiger partial charge in [-0.1, -0.05) is 12.1 Å². The lowest BCUT2D eigenvalue weighted by Gasteiger charge is -2.08. The summed E-state index contributed by atoms with van der Waals surface area (Å²) in [6.45, 7) is 6.27. The van der Waals surface area contributed by atoms with Crippen LogP contribution in [0.5, 0.6) is 0 Å². The molecule has 0 aliphatic rings. The Morgan fingerprint density at radius 2 is 2.00 bits per heavy atom. The number of hydrogen-bond donors (Lipinski definition) is 2. The van der Waals surface area contributed by atoms with Gasteiger partial charge in [0.15, 0.2) is 0 Å². The molecule has 4 aromatic rings. The van der Waals surface area contributed by atoms with E-state index in [4.69, 9.17) is 0 Å². The smallest absolute Gasteiger partial charge is 0.254 e. The molecule has 1 aromatic carbocycles. The number of hydrogen-bond acceptors (Lipinski definition) is 4. The SMILES string of the molecule is Cc1cccc(-c2c(C)[nH]c3ccc(CNC(=O)c4cncnc4C)cc23)n1. The van der Waals surface area contributed by atoms with Crippen LogP contribution in [-0.2, 0) is 6.54 Å². The first-order valence-corrected chi connectivity index (χ1v) is 9.13.